The maximum atomic E-state index is 13.5. The molecule has 4 aliphatic rings. The fraction of sp³-hybridized carbons (Fsp3) is 0.750. The van der Waals surface area contributed by atoms with Crippen LogP contribution in [-0.2, 0) is 4.79 Å². The van der Waals surface area contributed by atoms with Gasteiger partial charge < -0.3 is 4.98 Å². The number of nitrogens with one attached hydrogen (secondary N) is 2. The molecule has 23 heavy (non-hydrogen) atoms. The number of aromatic nitrogens is 2. The summed E-state index contributed by atoms with van der Waals surface area (Å²) in [6.45, 7) is 0. The van der Waals surface area contributed by atoms with E-state index in [9.17, 15) is 18.0 Å². The van der Waals surface area contributed by atoms with Crippen molar-refractivity contribution in [2.24, 2.45) is 23.7 Å². The Labute approximate surface area is 132 Å². The Morgan fingerprint density at radius 1 is 1.13 bits per heavy atom. The molecule has 4 fully saturated rings. The van der Waals surface area contributed by atoms with Gasteiger partial charge in [0.05, 0.1) is 18.0 Å². The highest BCUT2D eigenvalue weighted by atomic mass is 19.4. The molecule has 1 aromatic rings. The number of halogens is 3. The molecule has 4 aliphatic carbocycles. The Morgan fingerprint density at radius 3 is 2.39 bits per heavy atom. The number of carbonyl (C=O) groups is 1. The number of hydrogen-bond acceptors (Lipinski definition) is 2. The van der Waals surface area contributed by atoms with E-state index in [1.807, 2.05) is 0 Å². The number of alkyl halides is 3. The van der Waals surface area contributed by atoms with Crippen LogP contribution < -0.4 is 5.32 Å². The van der Waals surface area contributed by atoms with Crippen molar-refractivity contribution < 1.29 is 18.0 Å². The number of H-pyrrole nitrogens is 1. The molecule has 0 aliphatic heterocycles. The second kappa shape index (κ2) is 5.24. The third-order valence-corrected chi connectivity index (χ3v) is 5.75. The number of amides is 1. The average molecular weight is 327 g/mol. The van der Waals surface area contributed by atoms with E-state index in [2.05, 4.69) is 15.3 Å². The summed E-state index contributed by atoms with van der Waals surface area (Å²) in [4.78, 5) is 19.6. The highest BCUT2D eigenvalue weighted by Crippen LogP contribution is 2.54. The van der Waals surface area contributed by atoms with Crippen molar-refractivity contribution in [3.8, 4) is 0 Å². The summed E-state index contributed by atoms with van der Waals surface area (Å²) < 4.78 is 40.4. The SMILES string of the molecule is O=C(Nc1ncc(C2CC2)[nH]1)[C@H]1C2CCC(CC2)[C@@H]1C(F)(F)F. The second-order valence-corrected chi connectivity index (χ2v) is 7.22. The van der Waals surface area contributed by atoms with Crippen LogP contribution in [0.1, 0.15) is 50.1 Å². The minimum atomic E-state index is -4.31. The molecule has 4 nitrogen and oxygen atoms in total. The van der Waals surface area contributed by atoms with Crippen LogP contribution >= 0.6 is 0 Å². The zero-order chi connectivity index (χ0) is 16.2. The van der Waals surface area contributed by atoms with Gasteiger partial charge >= 0.3 is 6.18 Å². The lowest BCUT2D eigenvalue weighted by Crippen LogP contribution is -2.51. The van der Waals surface area contributed by atoms with Gasteiger partial charge in [-0.3, -0.25) is 10.1 Å². The van der Waals surface area contributed by atoms with E-state index in [-0.39, 0.29) is 11.9 Å². The van der Waals surface area contributed by atoms with Crippen molar-refractivity contribution in [3.05, 3.63) is 11.9 Å². The maximum absolute atomic E-state index is 13.5. The van der Waals surface area contributed by atoms with E-state index in [0.29, 0.717) is 18.8 Å². The van der Waals surface area contributed by atoms with Gasteiger partial charge in [-0.2, -0.15) is 13.2 Å². The van der Waals surface area contributed by atoms with E-state index in [4.69, 9.17) is 0 Å². The topological polar surface area (TPSA) is 57.8 Å². The predicted octanol–water partition coefficient (Wildman–Crippen LogP) is 3.84. The van der Waals surface area contributed by atoms with Crippen molar-refractivity contribution in [3.63, 3.8) is 0 Å². The molecule has 7 heteroatoms. The highest BCUT2D eigenvalue weighted by Gasteiger charge is 2.58. The molecule has 1 heterocycles. The summed E-state index contributed by atoms with van der Waals surface area (Å²) >= 11 is 0. The van der Waals surface area contributed by atoms with Crippen molar-refractivity contribution in [2.75, 3.05) is 5.32 Å². The molecular weight excluding hydrogens is 307 g/mol. The van der Waals surface area contributed by atoms with Crippen LogP contribution in [0.25, 0.3) is 0 Å². The summed E-state index contributed by atoms with van der Waals surface area (Å²) in [7, 11) is 0. The Bertz CT molecular complexity index is 600. The van der Waals surface area contributed by atoms with Crippen LogP contribution in [0.3, 0.4) is 0 Å². The van der Waals surface area contributed by atoms with Crippen LogP contribution in [-0.4, -0.2) is 22.1 Å². The fourth-order valence-corrected chi connectivity index (χ4v) is 4.50. The number of anilines is 1. The monoisotopic (exact) mass is 327 g/mol. The van der Waals surface area contributed by atoms with Gasteiger partial charge in [0, 0.05) is 11.6 Å². The first-order valence-corrected chi connectivity index (χ1v) is 8.36. The summed E-state index contributed by atoms with van der Waals surface area (Å²) in [5.41, 5.74) is 0.956. The molecule has 0 unspecified atom stereocenters. The normalized spacial score (nSPS) is 33.7. The van der Waals surface area contributed by atoms with E-state index < -0.39 is 29.8 Å². The van der Waals surface area contributed by atoms with Crippen LogP contribution in [0.15, 0.2) is 6.20 Å². The van der Waals surface area contributed by atoms with Crippen LogP contribution in [0.5, 0.6) is 0 Å². The lowest BCUT2D eigenvalue weighted by Gasteiger charge is -2.48. The molecule has 0 aromatic carbocycles. The Morgan fingerprint density at radius 2 is 1.78 bits per heavy atom. The number of nitrogens with zero attached hydrogens (tertiary/aromatic N) is 1. The van der Waals surface area contributed by atoms with Gasteiger partial charge in [0.1, 0.15) is 0 Å². The van der Waals surface area contributed by atoms with E-state index in [1.165, 1.54) is 0 Å². The average Bonchev–Trinajstić information content (AvgIpc) is 3.27. The molecule has 4 saturated carbocycles. The van der Waals surface area contributed by atoms with Crippen molar-refractivity contribution >= 4 is 11.9 Å². The van der Waals surface area contributed by atoms with Gasteiger partial charge in [0.2, 0.25) is 11.9 Å². The van der Waals surface area contributed by atoms with Gasteiger partial charge in [-0.1, -0.05) is 0 Å². The minimum Gasteiger partial charge on any atom is -0.328 e. The summed E-state index contributed by atoms with van der Waals surface area (Å²) in [6, 6.07) is 0. The number of fused-ring (bicyclic) bond motifs is 3. The molecule has 0 saturated heterocycles. The largest absolute Gasteiger partial charge is 0.392 e. The Hall–Kier alpha value is -1.53. The molecular formula is C16H20F3N3O. The quantitative estimate of drug-likeness (QED) is 0.886. The van der Waals surface area contributed by atoms with Gasteiger partial charge in [0.25, 0.3) is 0 Å². The van der Waals surface area contributed by atoms with Crippen LogP contribution in [0.4, 0.5) is 19.1 Å². The molecule has 1 amide bonds. The Balaban J connectivity index is 1.52. The van der Waals surface area contributed by atoms with Crippen molar-refractivity contribution in [1.82, 2.24) is 9.97 Å². The molecule has 2 bridgehead atoms. The molecule has 5 rings (SSSR count). The fourth-order valence-electron chi connectivity index (χ4n) is 4.50. The predicted molar refractivity (Wildman–Crippen MR) is 77.7 cm³/mol. The minimum absolute atomic E-state index is 0.163. The van der Waals surface area contributed by atoms with Gasteiger partial charge in [-0.05, 0) is 50.4 Å². The molecule has 0 spiro atoms. The molecule has 2 atom stereocenters. The number of carbonyl (C=O) groups excluding carboxylic acids is 1. The summed E-state index contributed by atoms with van der Waals surface area (Å²) in [6.07, 6.45) is 2.17. The third-order valence-electron chi connectivity index (χ3n) is 5.75. The van der Waals surface area contributed by atoms with E-state index in [1.54, 1.807) is 6.20 Å². The maximum Gasteiger partial charge on any atom is 0.392 e. The van der Waals surface area contributed by atoms with E-state index in [0.717, 1.165) is 31.4 Å². The summed E-state index contributed by atoms with van der Waals surface area (Å²) in [5, 5.41) is 2.60. The van der Waals surface area contributed by atoms with Gasteiger partial charge in [-0.25, -0.2) is 4.98 Å². The lowest BCUT2D eigenvalue weighted by atomic mass is 9.58. The number of rotatable bonds is 3. The van der Waals surface area contributed by atoms with Gasteiger partial charge in [-0.15, -0.1) is 0 Å². The second-order valence-electron chi connectivity index (χ2n) is 7.22. The number of aromatic amines is 1. The lowest BCUT2D eigenvalue weighted by molar-refractivity contribution is -0.227. The Kier molecular flexibility index (Phi) is 3.43. The van der Waals surface area contributed by atoms with Crippen molar-refractivity contribution in [2.45, 2.75) is 50.6 Å². The highest BCUT2D eigenvalue weighted by molar-refractivity contribution is 5.91. The van der Waals surface area contributed by atoms with Crippen molar-refractivity contribution in [1.29, 1.82) is 0 Å². The molecule has 126 valence electrons. The van der Waals surface area contributed by atoms with Gasteiger partial charge in [0.15, 0.2) is 0 Å². The zero-order valence-corrected chi connectivity index (χ0v) is 12.7. The van der Waals surface area contributed by atoms with E-state index >= 15 is 0 Å². The molecule has 1 aromatic heterocycles. The molecule has 0 radical (unpaired) electrons. The van der Waals surface area contributed by atoms with Crippen LogP contribution in [0, 0.1) is 23.7 Å². The summed E-state index contributed by atoms with van der Waals surface area (Å²) in [5.74, 6) is -2.84. The molecule has 2 N–H and O–H groups in total. The number of hydrogen-bond donors (Lipinski definition) is 2. The first-order valence-electron chi connectivity index (χ1n) is 8.36. The van der Waals surface area contributed by atoms with Crippen LogP contribution in [0.2, 0.25) is 0 Å². The number of imidazole rings is 1. The first kappa shape index (κ1) is 15.0. The smallest absolute Gasteiger partial charge is 0.328 e. The first-order chi connectivity index (χ1) is 10.9. The standard InChI is InChI=1S/C16H20F3N3O/c17-16(18,19)13-10-5-3-9(4-6-10)12(13)14(23)22-15-20-7-11(21-15)8-1-2-8/h7-10,12-13H,1-6H2,(H2,20,21,22,23)/t9?,10?,12-,13-/m0/s1. The zero-order valence-electron chi connectivity index (χ0n) is 12.7. The third kappa shape index (κ3) is 2.74.